The quantitative estimate of drug-likeness (QED) is 0.543. The summed E-state index contributed by atoms with van der Waals surface area (Å²) in [5.74, 6) is 1.65. The molecule has 0 aliphatic heterocycles. The van der Waals surface area contributed by atoms with Crippen LogP contribution in [0.3, 0.4) is 0 Å². The van der Waals surface area contributed by atoms with Gasteiger partial charge in [0.1, 0.15) is 0 Å². The SMILES string of the molecule is Cn1c2ccc(N)cc2n2c(-c3ccc(C(C)(C)C)cc3)nnc12. The van der Waals surface area contributed by atoms with Crippen LogP contribution in [0.4, 0.5) is 5.69 Å². The zero-order valence-electron chi connectivity index (χ0n) is 14.4. The maximum atomic E-state index is 5.99. The van der Waals surface area contributed by atoms with E-state index >= 15 is 0 Å². The largest absolute Gasteiger partial charge is 0.399 e. The Bertz CT molecular complexity index is 1050. The summed E-state index contributed by atoms with van der Waals surface area (Å²) in [6.07, 6.45) is 0. The second-order valence-electron chi connectivity index (χ2n) is 7.29. The van der Waals surface area contributed by atoms with E-state index in [4.69, 9.17) is 5.73 Å². The molecule has 5 heteroatoms. The molecule has 0 amide bonds. The number of rotatable bonds is 1. The Morgan fingerprint density at radius 3 is 2.29 bits per heavy atom. The summed E-state index contributed by atoms with van der Waals surface area (Å²) in [7, 11) is 2.00. The predicted octanol–water partition coefficient (Wildman–Crippen LogP) is 3.77. The fourth-order valence-corrected chi connectivity index (χ4v) is 3.13. The summed E-state index contributed by atoms with van der Waals surface area (Å²) in [6, 6.07) is 14.5. The number of benzene rings is 2. The summed E-state index contributed by atoms with van der Waals surface area (Å²) in [5.41, 5.74) is 11.3. The molecular weight excluding hydrogens is 298 g/mol. The fraction of sp³-hybridized carbons (Fsp3) is 0.263. The number of imidazole rings is 1. The molecule has 2 aromatic carbocycles. The average Bonchev–Trinajstić information content (AvgIpc) is 3.07. The molecule has 0 fully saturated rings. The van der Waals surface area contributed by atoms with Gasteiger partial charge in [-0.25, -0.2) is 0 Å². The van der Waals surface area contributed by atoms with Gasteiger partial charge in [0, 0.05) is 18.3 Å². The molecule has 4 aromatic rings. The van der Waals surface area contributed by atoms with Crippen molar-refractivity contribution in [1.29, 1.82) is 0 Å². The highest BCUT2D eigenvalue weighted by Gasteiger charge is 2.18. The first-order valence-electron chi connectivity index (χ1n) is 8.06. The van der Waals surface area contributed by atoms with Gasteiger partial charge < -0.3 is 10.3 Å². The van der Waals surface area contributed by atoms with Crippen LogP contribution < -0.4 is 5.73 Å². The Morgan fingerprint density at radius 2 is 1.62 bits per heavy atom. The zero-order chi connectivity index (χ0) is 17.1. The average molecular weight is 319 g/mol. The number of nitrogens with two attached hydrogens (primary N) is 1. The molecule has 24 heavy (non-hydrogen) atoms. The van der Waals surface area contributed by atoms with Crippen molar-refractivity contribution < 1.29 is 0 Å². The van der Waals surface area contributed by atoms with Gasteiger partial charge in [0.2, 0.25) is 5.78 Å². The van der Waals surface area contributed by atoms with E-state index in [1.54, 1.807) is 0 Å². The van der Waals surface area contributed by atoms with E-state index in [1.165, 1.54) is 5.56 Å². The van der Waals surface area contributed by atoms with Gasteiger partial charge >= 0.3 is 0 Å². The van der Waals surface area contributed by atoms with Gasteiger partial charge in [0.05, 0.1) is 11.0 Å². The molecule has 0 aliphatic rings. The third-order valence-corrected chi connectivity index (χ3v) is 4.56. The fourth-order valence-electron chi connectivity index (χ4n) is 3.13. The van der Waals surface area contributed by atoms with E-state index in [0.29, 0.717) is 0 Å². The number of hydrogen-bond donors (Lipinski definition) is 1. The maximum Gasteiger partial charge on any atom is 0.236 e. The first kappa shape index (κ1) is 14.8. The zero-order valence-corrected chi connectivity index (χ0v) is 14.4. The molecule has 0 radical (unpaired) electrons. The van der Waals surface area contributed by atoms with Crippen molar-refractivity contribution in [3.8, 4) is 11.4 Å². The van der Waals surface area contributed by atoms with Gasteiger partial charge in [-0.15, -0.1) is 10.2 Å². The van der Waals surface area contributed by atoms with Gasteiger partial charge in [-0.05, 0) is 29.2 Å². The van der Waals surface area contributed by atoms with Crippen LogP contribution in [0, 0.1) is 0 Å². The lowest BCUT2D eigenvalue weighted by molar-refractivity contribution is 0.590. The molecule has 0 atom stereocenters. The van der Waals surface area contributed by atoms with E-state index in [-0.39, 0.29) is 5.41 Å². The van der Waals surface area contributed by atoms with Gasteiger partial charge in [-0.1, -0.05) is 45.0 Å². The van der Waals surface area contributed by atoms with Crippen LogP contribution in [0.2, 0.25) is 0 Å². The lowest BCUT2D eigenvalue weighted by Crippen LogP contribution is -2.10. The smallest absolute Gasteiger partial charge is 0.236 e. The summed E-state index contributed by atoms with van der Waals surface area (Å²) in [5, 5.41) is 8.78. The highest BCUT2D eigenvalue weighted by atomic mass is 15.3. The van der Waals surface area contributed by atoms with Gasteiger partial charge in [-0.2, -0.15) is 0 Å². The number of aryl methyl sites for hydroxylation is 1. The van der Waals surface area contributed by atoms with Gasteiger partial charge in [-0.3, -0.25) is 4.40 Å². The normalized spacial score (nSPS) is 12.3. The van der Waals surface area contributed by atoms with Crippen molar-refractivity contribution in [1.82, 2.24) is 19.2 Å². The van der Waals surface area contributed by atoms with E-state index in [1.807, 2.05) is 29.8 Å². The van der Waals surface area contributed by atoms with Crippen LogP contribution >= 0.6 is 0 Å². The van der Waals surface area contributed by atoms with Crippen LogP contribution in [0.5, 0.6) is 0 Å². The molecule has 2 N–H and O–H groups in total. The summed E-state index contributed by atoms with van der Waals surface area (Å²) >= 11 is 0. The molecule has 0 saturated carbocycles. The minimum Gasteiger partial charge on any atom is -0.399 e. The Labute approximate surface area is 140 Å². The van der Waals surface area contributed by atoms with Crippen LogP contribution in [-0.2, 0) is 12.5 Å². The molecule has 122 valence electrons. The molecule has 0 saturated heterocycles. The first-order valence-corrected chi connectivity index (χ1v) is 8.06. The highest BCUT2D eigenvalue weighted by molar-refractivity contribution is 5.85. The summed E-state index contributed by atoms with van der Waals surface area (Å²) in [6.45, 7) is 6.64. The van der Waals surface area contributed by atoms with Crippen molar-refractivity contribution in [2.75, 3.05) is 5.73 Å². The minimum atomic E-state index is 0.132. The predicted molar refractivity (Wildman–Crippen MR) is 98.0 cm³/mol. The van der Waals surface area contributed by atoms with Crippen LogP contribution in [-0.4, -0.2) is 19.2 Å². The lowest BCUT2D eigenvalue weighted by Gasteiger charge is -2.18. The van der Waals surface area contributed by atoms with Crippen LogP contribution in [0.15, 0.2) is 42.5 Å². The van der Waals surface area contributed by atoms with E-state index in [2.05, 4.69) is 59.6 Å². The molecule has 0 unspecified atom stereocenters. The number of nitrogen functional groups attached to an aromatic ring is 1. The van der Waals surface area contributed by atoms with E-state index < -0.39 is 0 Å². The number of fused-ring (bicyclic) bond motifs is 3. The highest BCUT2D eigenvalue weighted by Crippen LogP contribution is 2.29. The van der Waals surface area contributed by atoms with Crippen molar-refractivity contribution in [2.45, 2.75) is 26.2 Å². The topological polar surface area (TPSA) is 61.1 Å². The first-order chi connectivity index (χ1) is 11.4. The second kappa shape index (κ2) is 4.84. The van der Waals surface area contributed by atoms with Crippen molar-refractivity contribution in [2.24, 2.45) is 7.05 Å². The second-order valence-corrected chi connectivity index (χ2v) is 7.29. The Morgan fingerprint density at radius 1 is 0.917 bits per heavy atom. The molecule has 2 aromatic heterocycles. The molecule has 4 rings (SSSR count). The standard InChI is InChI=1S/C19H21N5/c1-19(2,3)13-7-5-12(6-8-13)17-21-22-18-23(4)15-10-9-14(20)11-16(15)24(17)18/h5-11H,20H2,1-4H3. The third-order valence-electron chi connectivity index (χ3n) is 4.56. The molecule has 5 nitrogen and oxygen atoms in total. The van der Waals surface area contributed by atoms with Gasteiger partial charge in [0.25, 0.3) is 0 Å². The minimum absolute atomic E-state index is 0.132. The molecule has 0 spiro atoms. The van der Waals surface area contributed by atoms with Crippen molar-refractivity contribution in [3.05, 3.63) is 48.0 Å². The number of anilines is 1. The van der Waals surface area contributed by atoms with Crippen molar-refractivity contribution in [3.63, 3.8) is 0 Å². The molecular formula is C19H21N5. The van der Waals surface area contributed by atoms with Crippen molar-refractivity contribution >= 4 is 22.5 Å². The molecule has 0 bridgehead atoms. The molecule has 0 aliphatic carbocycles. The third kappa shape index (κ3) is 2.08. The molecule has 2 heterocycles. The van der Waals surface area contributed by atoms with E-state index in [0.717, 1.165) is 33.9 Å². The Kier molecular flexibility index (Phi) is 2.97. The number of nitrogens with zero attached hydrogens (tertiary/aromatic N) is 4. The lowest BCUT2D eigenvalue weighted by atomic mass is 9.87. The van der Waals surface area contributed by atoms with Crippen LogP contribution in [0.25, 0.3) is 28.2 Å². The number of aromatic nitrogens is 4. The Balaban J connectivity index is 1.96. The summed E-state index contributed by atoms with van der Waals surface area (Å²) < 4.78 is 4.10. The van der Waals surface area contributed by atoms with Gasteiger partial charge in [0.15, 0.2) is 5.82 Å². The maximum absolute atomic E-state index is 5.99. The van der Waals surface area contributed by atoms with E-state index in [9.17, 15) is 0 Å². The Hall–Kier alpha value is -2.82. The van der Waals surface area contributed by atoms with Crippen LogP contribution in [0.1, 0.15) is 26.3 Å². The number of hydrogen-bond acceptors (Lipinski definition) is 3. The monoisotopic (exact) mass is 319 g/mol. The summed E-state index contributed by atoms with van der Waals surface area (Å²) in [4.78, 5) is 0.